The quantitative estimate of drug-likeness (QED) is 0.115. The van der Waals surface area contributed by atoms with E-state index >= 15 is 0 Å². The van der Waals surface area contributed by atoms with Gasteiger partial charge in [0, 0.05) is 32.6 Å². The van der Waals surface area contributed by atoms with Gasteiger partial charge in [-0.05, 0) is 67.5 Å². The van der Waals surface area contributed by atoms with E-state index in [4.69, 9.17) is 11.5 Å². The van der Waals surface area contributed by atoms with Gasteiger partial charge < -0.3 is 37.4 Å². The normalized spacial score (nSPS) is 19.5. The van der Waals surface area contributed by atoms with Crippen LogP contribution in [-0.2, 0) is 36.8 Å². The number of benzene rings is 2. The molecule has 2 fully saturated rings. The number of carbonyl (C=O) groups is 5. The Kier molecular flexibility index (Phi) is 15.0. The van der Waals surface area contributed by atoms with Crippen LogP contribution in [0.15, 0.2) is 60.7 Å². The fourth-order valence-electron chi connectivity index (χ4n) is 7.11. The average Bonchev–Trinajstić information content (AvgIpc) is 3.66. The fraction of sp³-hybridized carbons (Fsp3) is 0.553. The van der Waals surface area contributed by atoms with Crippen LogP contribution in [0.25, 0.3) is 0 Å². The highest BCUT2D eigenvalue weighted by Gasteiger charge is 2.43. The summed E-state index contributed by atoms with van der Waals surface area (Å²) in [5.41, 5.74) is 13.7. The minimum atomic E-state index is -1.00. The van der Waals surface area contributed by atoms with Gasteiger partial charge in [0.1, 0.15) is 18.1 Å². The molecule has 2 aliphatic heterocycles. The molecule has 2 aromatic carbocycles. The number of nitrogens with zero attached hydrogens (tertiary/aromatic N) is 2. The van der Waals surface area contributed by atoms with Crippen LogP contribution in [0.4, 0.5) is 0 Å². The molecule has 0 aliphatic carbocycles. The number of carboxylic acid groups (broad SMARTS) is 1. The van der Waals surface area contributed by atoms with E-state index in [0.29, 0.717) is 64.8 Å². The Hall–Kier alpha value is -4.33. The largest absolute Gasteiger partial charge is 0.480 e. The van der Waals surface area contributed by atoms with Gasteiger partial charge in [0.25, 0.3) is 0 Å². The number of hydrogen-bond acceptors (Lipinski definition) is 8. The van der Waals surface area contributed by atoms with Crippen molar-refractivity contribution >= 4 is 29.6 Å². The molecule has 8 N–H and O–H groups in total. The maximum Gasteiger partial charge on any atom is 0.317 e. The van der Waals surface area contributed by atoms with Gasteiger partial charge in [0.2, 0.25) is 23.6 Å². The van der Waals surface area contributed by atoms with Gasteiger partial charge in [-0.2, -0.15) is 0 Å². The fourth-order valence-corrected chi connectivity index (χ4v) is 7.11. The highest BCUT2D eigenvalue weighted by molar-refractivity contribution is 5.95. The number of hydrogen-bond donors (Lipinski definition) is 6. The summed E-state index contributed by atoms with van der Waals surface area (Å²) in [7, 11) is 0. The number of likely N-dealkylation sites (tertiary alicyclic amines) is 2. The van der Waals surface area contributed by atoms with E-state index in [1.165, 1.54) is 0 Å². The van der Waals surface area contributed by atoms with Crippen LogP contribution in [-0.4, -0.2) is 108 Å². The van der Waals surface area contributed by atoms with Gasteiger partial charge in [-0.1, -0.05) is 74.5 Å². The third-order valence-corrected chi connectivity index (χ3v) is 9.68. The van der Waals surface area contributed by atoms with Crippen LogP contribution in [0.2, 0.25) is 0 Å². The number of unbranched alkanes of at least 4 members (excludes halogenated alkanes) is 1. The highest BCUT2D eigenvalue weighted by atomic mass is 16.4. The molecule has 51 heavy (non-hydrogen) atoms. The van der Waals surface area contributed by atoms with E-state index in [1.54, 1.807) is 4.90 Å². The van der Waals surface area contributed by atoms with Gasteiger partial charge in [-0.25, -0.2) is 0 Å². The van der Waals surface area contributed by atoms with Gasteiger partial charge in [-0.3, -0.25) is 28.9 Å². The summed E-state index contributed by atoms with van der Waals surface area (Å²) >= 11 is 0. The van der Waals surface area contributed by atoms with Gasteiger partial charge >= 0.3 is 5.97 Å². The molecule has 0 bridgehead atoms. The number of nitrogens with two attached hydrogens (primary N) is 2. The molecule has 2 saturated heterocycles. The minimum absolute atomic E-state index is 0.0158. The first-order valence-corrected chi connectivity index (χ1v) is 18.1. The Bertz CT molecular complexity index is 1450. The van der Waals surface area contributed by atoms with Crippen LogP contribution >= 0.6 is 0 Å². The Morgan fingerprint density at radius 1 is 0.745 bits per heavy atom. The second-order valence-corrected chi connectivity index (χ2v) is 14.4. The second kappa shape index (κ2) is 19.3. The number of amides is 4. The van der Waals surface area contributed by atoms with Crippen molar-refractivity contribution in [2.45, 2.75) is 76.5 Å². The lowest BCUT2D eigenvalue weighted by atomic mass is 9.99. The van der Waals surface area contributed by atoms with Crippen molar-refractivity contribution in [2.24, 2.45) is 29.2 Å². The molecular formula is C38H55N7O6. The SMILES string of the molecule is CC(C)CC(NC(=O)C(Cc1ccccc1)NC(=O)C(N)Cc1ccccc1)C(=O)NC(CCCCN)C(=O)N1CC2CN(CC(=O)O)CC2C1. The van der Waals surface area contributed by atoms with E-state index in [2.05, 4.69) is 16.0 Å². The Morgan fingerprint density at radius 3 is 1.82 bits per heavy atom. The maximum atomic E-state index is 13.9. The second-order valence-electron chi connectivity index (χ2n) is 14.4. The summed E-state index contributed by atoms with van der Waals surface area (Å²) in [6.45, 7) is 6.56. The standard InChI is InChI=1S/C38H55N7O6/c1-25(2)17-32(36(49)41-31(15-9-10-16-39)38(51)45-22-28-20-44(24-34(46)47)21-29(28)23-45)43-37(50)33(19-27-13-7-4-8-14-27)42-35(48)30(40)18-26-11-5-3-6-12-26/h3-8,11-14,25,28-33H,9-10,15-24,39-40H2,1-2H3,(H,41,49)(H,42,48)(H,43,50)(H,46,47). The molecule has 278 valence electrons. The van der Waals surface area contributed by atoms with Crippen molar-refractivity contribution in [3.8, 4) is 0 Å². The lowest BCUT2D eigenvalue weighted by Gasteiger charge is -2.29. The number of carboxylic acids is 1. The topological polar surface area (TPSA) is 200 Å². The molecule has 4 rings (SSSR count). The van der Waals surface area contributed by atoms with Crippen molar-refractivity contribution in [3.05, 3.63) is 71.8 Å². The van der Waals surface area contributed by atoms with E-state index in [9.17, 15) is 29.1 Å². The Balaban J connectivity index is 1.45. The number of carbonyl (C=O) groups excluding carboxylic acids is 4. The molecule has 2 heterocycles. The summed E-state index contributed by atoms with van der Waals surface area (Å²) < 4.78 is 0. The average molecular weight is 706 g/mol. The van der Waals surface area contributed by atoms with Crippen molar-refractivity contribution in [1.82, 2.24) is 25.8 Å². The molecule has 0 saturated carbocycles. The van der Waals surface area contributed by atoms with Gasteiger partial charge in [-0.15, -0.1) is 0 Å². The summed E-state index contributed by atoms with van der Waals surface area (Å²) in [6, 6.07) is 15.0. The van der Waals surface area contributed by atoms with E-state index in [1.807, 2.05) is 79.4 Å². The van der Waals surface area contributed by atoms with Gasteiger partial charge in [0.05, 0.1) is 12.6 Å². The molecule has 13 heteroatoms. The Labute approximate surface area is 300 Å². The molecule has 13 nitrogen and oxygen atoms in total. The molecule has 0 spiro atoms. The summed E-state index contributed by atoms with van der Waals surface area (Å²) in [6.07, 6.45) is 2.52. The zero-order valence-electron chi connectivity index (χ0n) is 29.8. The van der Waals surface area contributed by atoms with Crippen LogP contribution < -0.4 is 27.4 Å². The van der Waals surface area contributed by atoms with Crippen molar-refractivity contribution < 1.29 is 29.1 Å². The third kappa shape index (κ3) is 12.1. The zero-order valence-corrected chi connectivity index (χ0v) is 29.8. The number of aliphatic carboxylic acids is 1. The first-order valence-electron chi connectivity index (χ1n) is 18.1. The molecular weight excluding hydrogens is 650 g/mol. The molecule has 0 aromatic heterocycles. The third-order valence-electron chi connectivity index (χ3n) is 9.68. The van der Waals surface area contributed by atoms with Crippen molar-refractivity contribution in [1.29, 1.82) is 0 Å². The number of nitrogens with one attached hydrogen (secondary N) is 3. The van der Waals surface area contributed by atoms with Crippen LogP contribution in [0.3, 0.4) is 0 Å². The summed E-state index contributed by atoms with van der Waals surface area (Å²) in [5, 5.41) is 17.9. The number of rotatable bonds is 19. The monoisotopic (exact) mass is 705 g/mol. The first-order chi connectivity index (χ1) is 24.4. The van der Waals surface area contributed by atoms with Crippen molar-refractivity contribution in [3.63, 3.8) is 0 Å². The summed E-state index contributed by atoms with van der Waals surface area (Å²) in [4.78, 5) is 69.9. The van der Waals surface area contributed by atoms with E-state index in [0.717, 1.165) is 11.1 Å². The van der Waals surface area contributed by atoms with Crippen LogP contribution in [0.5, 0.6) is 0 Å². The molecule has 0 radical (unpaired) electrons. The van der Waals surface area contributed by atoms with Crippen molar-refractivity contribution in [2.75, 3.05) is 39.3 Å². The lowest BCUT2D eigenvalue weighted by molar-refractivity contribution is -0.139. The molecule has 4 amide bonds. The zero-order chi connectivity index (χ0) is 36.9. The Morgan fingerprint density at radius 2 is 1.27 bits per heavy atom. The predicted molar refractivity (Wildman–Crippen MR) is 194 cm³/mol. The smallest absolute Gasteiger partial charge is 0.317 e. The number of fused-ring (bicyclic) bond motifs is 1. The van der Waals surface area contributed by atoms with Crippen LogP contribution in [0.1, 0.15) is 50.7 Å². The molecule has 2 aliphatic rings. The van der Waals surface area contributed by atoms with Crippen LogP contribution in [0, 0.1) is 17.8 Å². The van der Waals surface area contributed by atoms with E-state index in [-0.39, 0.29) is 36.6 Å². The summed E-state index contributed by atoms with van der Waals surface area (Å²) in [5.74, 6) is -2.14. The van der Waals surface area contributed by atoms with Gasteiger partial charge in [0.15, 0.2) is 0 Å². The molecule has 2 aromatic rings. The molecule has 6 unspecified atom stereocenters. The minimum Gasteiger partial charge on any atom is -0.480 e. The van der Waals surface area contributed by atoms with E-state index < -0.39 is 47.9 Å². The lowest BCUT2D eigenvalue weighted by Crippen LogP contribution is -2.58. The molecule has 6 atom stereocenters. The maximum absolute atomic E-state index is 13.9. The highest BCUT2D eigenvalue weighted by Crippen LogP contribution is 2.31. The predicted octanol–water partition coefficient (Wildman–Crippen LogP) is 0.903. The first kappa shape index (κ1) is 39.5.